The lowest BCUT2D eigenvalue weighted by molar-refractivity contribution is -0.143. The lowest BCUT2D eigenvalue weighted by Crippen LogP contribution is -2.42. The van der Waals surface area contributed by atoms with Gasteiger partial charge in [-0.2, -0.15) is 0 Å². The first-order valence-electron chi connectivity index (χ1n) is 6.99. The van der Waals surface area contributed by atoms with Gasteiger partial charge in [0.2, 0.25) is 5.91 Å². The molecule has 0 heterocycles. The van der Waals surface area contributed by atoms with E-state index in [4.69, 9.17) is 10.5 Å². The Bertz CT molecular complexity index is 674. The van der Waals surface area contributed by atoms with E-state index < -0.39 is 23.7 Å². The molecule has 0 aliphatic rings. The van der Waals surface area contributed by atoms with Crippen molar-refractivity contribution in [2.75, 3.05) is 18.6 Å². The number of nitrogens with two attached hydrogens (primary N) is 1. The first-order valence-corrected chi connectivity index (χ1v) is 6.99. The van der Waals surface area contributed by atoms with E-state index in [0.717, 1.165) is 0 Å². The van der Waals surface area contributed by atoms with Gasteiger partial charge < -0.3 is 10.5 Å². The van der Waals surface area contributed by atoms with E-state index in [0.29, 0.717) is 11.3 Å². The van der Waals surface area contributed by atoms with Gasteiger partial charge in [0, 0.05) is 5.69 Å². The molecule has 5 nitrogen and oxygen atoms in total. The summed E-state index contributed by atoms with van der Waals surface area (Å²) in [6, 6.07) is 12.9. The number of amides is 1. The fourth-order valence-electron chi connectivity index (χ4n) is 2.27. The Morgan fingerprint density at radius 3 is 2.26 bits per heavy atom. The van der Waals surface area contributed by atoms with Crippen molar-refractivity contribution in [2.24, 2.45) is 5.73 Å². The molecular formula is C17H17FN2O3. The van der Waals surface area contributed by atoms with Crippen molar-refractivity contribution in [1.82, 2.24) is 0 Å². The first kappa shape index (κ1) is 16.6. The Hall–Kier alpha value is -2.73. The van der Waals surface area contributed by atoms with Gasteiger partial charge in [-0.3, -0.25) is 9.69 Å². The van der Waals surface area contributed by atoms with E-state index >= 15 is 0 Å². The number of carbonyl (C=O) groups is 2. The molecule has 6 heteroatoms. The molecule has 0 aromatic heterocycles. The number of anilines is 1. The number of carbonyl (C=O) groups excluding carboxylic acids is 2. The highest BCUT2D eigenvalue weighted by atomic mass is 19.1. The molecule has 0 radical (unpaired) electrons. The lowest BCUT2D eigenvalue weighted by atomic mass is 10.0. The Kier molecular flexibility index (Phi) is 5.43. The van der Waals surface area contributed by atoms with Gasteiger partial charge in [0.15, 0.2) is 6.04 Å². The number of esters is 1. The molecular weight excluding hydrogens is 299 g/mol. The summed E-state index contributed by atoms with van der Waals surface area (Å²) in [7, 11) is 1.23. The van der Waals surface area contributed by atoms with Crippen LogP contribution in [0.15, 0.2) is 54.6 Å². The molecule has 0 saturated heterocycles. The molecule has 0 spiro atoms. The quantitative estimate of drug-likeness (QED) is 0.857. The van der Waals surface area contributed by atoms with Crippen molar-refractivity contribution in [2.45, 2.75) is 6.04 Å². The van der Waals surface area contributed by atoms with Crippen molar-refractivity contribution < 1.29 is 18.7 Å². The monoisotopic (exact) mass is 316 g/mol. The highest BCUT2D eigenvalue weighted by Gasteiger charge is 2.32. The summed E-state index contributed by atoms with van der Waals surface area (Å²) in [6.07, 6.45) is 0. The number of methoxy groups -OCH3 is 1. The summed E-state index contributed by atoms with van der Waals surface area (Å²) in [4.78, 5) is 25.9. The van der Waals surface area contributed by atoms with Gasteiger partial charge in [-0.25, -0.2) is 9.18 Å². The summed E-state index contributed by atoms with van der Waals surface area (Å²) in [5.41, 5.74) is 6.43. The zero-order valence-corrected chi connectivity index (χ0v) is 12.6. The molecule has 2 aromatic carbocycles. The molecule has 2 rings (SSSR count). The Morgan fingerprint density at radius 1 is 1.13 bits per heavy atom. The van der Waals surface area contributed by atoms with Gasteiger partial charge in [-0.05, 0) is 29.8 Å². The van der Waals surface area contributed by atoms with Crippen molar-refractivity contribution in [3.05, 3.63) is 66.0 Å². The minimum Gasteiger partial charge on any atom is -0.467 e. The van der Waals surface area contributed by atoms with Crippen LogP contribution in [0.3, 0.4) is 0 Å². The third-order valence-electron chi connectivity index (χ3n) is 3.35. The molecule has 1 atom stereocenters. The van der Waals surface area contributed by atoms with Crippen LogP contribution in [-0.4, -0.2) is 25.5 Å². The fourth-order valence-corrected chi connectivity index (χ4v) is 2.27. The van der Waals surface area contributed by atoms with Crippen molar-refractivity contribution in [1.29, 1.82) is 0 Å². The van der Waals surface area contributed by atoms with Gasteiger partial charge in [0.05, 0.1) is 13.7 Å². The summed E-state index contributed by atoms with van der Waals surface area (Å²) in [6.45, 7) is -0.274. The molecule has 120 valence electrons. The van der Waals surface area contributed by atoms with Crippen LogP contribution >= 0.6 is 0 Å². The SMILES string of the molecule is COC(=O)[C@H](c1ccc(F)cc1)N(C(=O)CN)c1ccccc1. The van der Waals surface area contributed by atoms with Crippen LogP contribution in [-0.2, 0) is 14.3 Å². The van der Waals surface area contributed by atoms with Crippen molar-refractivity contribution in [3.63, 3.8) is 0 Å². The van der Waals surface area contributed by atoms with Gasteiger partial charge in [-0.15, -0.1) is 0 Å². The van der Waals surface area contributed by atoms with Crippen LogP contribution in [0, 0.1) is 5.82 Å². The third kappa shape index (κ3) is 3.73. The number of hydrogen-bond donors (Lipinski definition) is 1. The maximum absolute atomic E-state index is 13.2. The van der Waals surface area contributed by atoms with E-state index in [1.165, 1.54) is 36.3 Å². The van der Waals surface area contributed by atoms with Crippen molar-refractivity contribution >= 4 is 17.6 Å². The summed E-state index contributed by atoms with van der Waals surface area (Å²) >= 11 is 0. The standard InChI is InChI=1S/C17H17FN2O3/c1-23-17(22)16(12-7-9-13(18)10-8-12)20(15(21)11-19)14-5-3-2-4-6-14/h2-10,16H,11,19H2,1H3/t16-/m0/s1. The second kappa shape index (κ2) is 7.51. The van der Waals surface area contributed by atoms with E-state index in [9.17, 15) is 14.0 Å². The summed E-state index contributed by atoms with van der Waals surface area (Å²) in [5.74, 6) is -1.52. The minimum absolute atomic E-state index is 0.274. The Labute approximate surface area is 133 Å². The van der Waals surface area contributed by atoms with Gasteiger partial charge in [-0.1, -0.05) is 30.3 Å². The molecule has 0 aliphatic heterocycles. The predicted octanol–water partition coefficient (Wildman–Crippen LogP) is 2.03. The molecule has 0 unspecified atom stereocenters. The summed E-state index contributed by atoms with van der Waals surface area (Å²) < 4.78 is 18.0. The first-order chi connectivity index (χ1) is 11.1. The van der Waals surface area contributed by atoms with Crippen molar-refractivity contribution in [3.8, 4) is 0 Å². The molecule has 0 aliphatic carbocycles. The Balaban J connectivity index is 2.55. The van der Waals surface area contributed by atoms with E-state index in [1.807, 2.05) is 0 Å². The van der Waals surface area contributed by atoms with E-state index in [1.54, 1.807) is 30.3 Å². The fraction of sp³-hybridized carbons (Fsp3) is 0.176. The summed E-state index contributed by atoms with van der Waals surface area (Å²) in [5, 5.41) is 0. The smallest absolute Gasteiger partial charge is 0.333 e. The largest absolute Gasteiger partial charge is 0.467 e. The topological polar surface area (TPSA) is 72.6 Å². The van der Waals surface area contributed by atoms with Crippen LogP contribution < -0.4 is 10.6 Å². The normalized spacial score (nSPS) is 11.6. The van der Waals surface area contributed by atoms with Crippen LogP contribution in [0.1, 0.15) is 11.6 Å². The molecule has 2 N–H and O–H groups in total. The van der Waals surface area contributed by atoms with E-state index in [2.05, 4.69) is 0 Å². The van der Waals surface area contributed by atoms with Crippen LogP contribution in [0.4, 0.5) is 10.1 Å². The molecule has 0 bridgehead atoms. The van der Waals surface area contributed by atoms with Gasteiger partial charge in [0.1, 0.15) is 5.82 Å². The number of nitrogens with zero attached hydrogens (tertiary/aromatic N) is 1. The number of para-hydroxylation sites is 1. The second-order valence-corrected chi connectivity index (χ2v) is 4.78. The van der Waals surface area contributed by atoms with E-state index in [-0.39, 0.29) is 6.54 Å². The number of halogens is 1. The van der Waals surface area contributed by atoms with Crippen LogP contribution in [0.5, 0.6) is 0 Å². The Morgan fingerprint density at radius 2 is 1.74 bits per heavy atom. The number of benzene rings is 2. The maximum atomic E-state index is 13.2. The zero-order chi connectivity index (χ0) is 16.8. The maximum Gasteiger partial charge on any atom is 0.333 e. The lowest BCUT2D eigenvalue weighted by Gasteiger charge is -2.30. The number of hydrogen-bond acceptors (Lipinski definition) is 4. The van der Waals surface area contributed by atoms with Gasteiger partial charge >= 0.3 is 5.97 Å². The van der Waals surface area contributed by atoms with Gasteiger partial charge in [0.25, 0.3) is 0 Å². The number of ether oxygens (including phenoxy) is 1. The average Bonchev–Trinajstić information content (AvgIpc) is 2.60. The molecule has 23 heavy (non-hydrogen) atoms. The zero-order valence-electron chi connectivity index (χ0n) is 12.6. The number of rotatable bonds is 5. The molecule has 1 amide bonds. The van der Waals surface area contributed by atoms with Crippen LogP contribution in [0.25, 0.3) is 0 Å². The highest BCUT2D eigenvalue weighted by Crippen LogP contribution is 2.28. The molecule has 0 fully saturated rings. The predicted molar refractivity (Wildman–Crippen MR) is 84.1 cm³/mol. The highest BCUT2D eigenvalue weighted by molar-refractivity contribution is 6.00. The minimum atomic E-state index is -1.04. The second-order valence-electron chi connectivity index (χ2n) is 4.78. The molecule has 2 aromatic rings. The third-order valence-corrected chi connectivity index (χ3v) is 3.35. The van der Waals surface area contributed by atoms with Crippen LogP contribution in [0.2, 0.25) is 0 Å². The molecule has 0 saturated carbocycles. The average molecular weight is 316 g/mol.